The predicted molar refractivity (Wildman–Crippen MR) is 51.4 cm³/mol. The van der Waals surface area contributed by atoms with E-state index in [4.69, 9.17) is 4.74 Å². The Hall–Kier alpha value is -0.830. The maximum Gasteiger partial charge on any atom is 0.175 e. The van der Waals surface area contributed by atoms with Gasteiger partial charge in [0.2, 0.25) is 0 Å². The lowest BCUT2D eigenvalue weighted by molar-refractivity contribution is -0.115. The molecule has 13 heavy (non-hydrogen) atoms. The summed E-state index contributed by atoms with van der Waals surface area (Å²) >= 11 is 0. The van der Waals surface area contributed by atoms with Crippen LogP contribution < -0.4 is 0 Å². The smallest absolute Gasteiger partial charge is 0.175 e. The fraction of sp³-hybridized carbons (Fsp3) is 0.700. The highest BCUT2D eigenvalue weighted by molar-refractivity contribution is 5.92. The molecule has 3 heteroatoms. The van der Waals surface area contributed by atoms with Gasteiger partial charge in [0.25, 0.3) is 0 Å². The second-order valence-electron chi connectivity index (χ2n) is 3.45. The second kappa shape index (κ2) is 4.42. The average Bonchev–Trinajstić information content (AvgIpc) is 2.52. The van der Waals surface area contributed by atoms with Crippen LogP contribution in [0.25, 0.3) is 0 Å². The van der Waals surface area contributed by atoms with Crippen LogP contribution in [0.5, 0.6) is 0 Å². The first-order chi connectivity index (χ1) is 6.16. The van der Waals surface area contributed by atoms with E-state index in [0.717, 1.165) is 19.4 Å². The summed E-state index contributed by atoms with van der Waals surface area (Å²) in [6.45, 7) is 6.97. The zero-order valence-electron chi connectivity index (χ0n) is 8.38. The van der Waals surface area contributed by atoms with Crippen LogP contribution in [-0.2, 0) is 9.53 Å². The Bertz CT molecular complexity index is 213. The van der Waals surface area contributed by atoms with E-state index in [0.29, 0.717) is 18.3 Å². The highest BCUT2D eigenvalue weighted by Gasteiger charge is 2.26. The van der Waals surface area contributed by atoms with Gasteiger partial charge in [-0.3, -0.25) is 4.79 Å². The molecule has 0 aromatic carbocycles. The Kier molecular flexibility index (Phi) is 3.48. The summed E-state index contributed by atoms with van der Waals surface area (Å²) in [6, 6.07) is 0.349. The molecule has 1 aliphatic rings. The van der Waals surface area contributed by atoms with Crippen molar-refractivity contribution in [1.82, 2.24) is 4.90 Å². The molecule has 1 rings (SSSR count). The highest BCUT2D eigenvalue weighted by atomic mass is 16.5. The molecule has 1 aliphatic heterocycles. The largest absolute Gasteiger partial charge is 0.383 e. The van der Waals surface area contributed by atoms with Gasteiger partial charge in [0.05, 0.1) is 18.3 Å². The van der Waals surface area contributed by atoms with Crippen molar-refractivity contribution in [2.45, 2.75) is 25.8 Å². The van der Waals surface area contributed by atoms with Crippen LogP contribution in [0.3, 0.4) is 0 Å². The molecule has 0 amide bonds. The molecule has 0 radical (unpaired) electrons. The molecule has 0 aromatic rings. The Morgan fingerprint density at radius 2 is 2.38 bits per heavy atom. The van der Waals surface area contributed by atoms with E-state index in [2.05, 4.69) is 11.5 Å². The molecular weight excluding hydrogens is 166 g/mol. The molecule has 1 atom stereocenters. The minimum absolute atomic E-state index is 0.0583. The van der Waals surface area contributed by atoms with Crippen LogP contribution in [0, 0.1) is 0 Å². The van der Waals surface area contributed by atoms with E-state index in [1.165, 1.54) is 0 Å². The van der Waals surface area contributed by atoms with Gasteiger partial charge in [-0.2, -0.15) is 0 Å². The second-order valence-corrected chi connectivity index (χ2v) is 3.45. The molecule has 3 nitrogen and oxygen atoms in total. The quantitative estimate of drug-likeness (QED) is 0.613. The van der Waals surface area contributed by atoms with Gasteiger partial charge in [-0.1, -0.05) is 6.58 Å². The topological polar surface area (TPSA) is 29.5 Å². The number of carbonyl (C=O) groups is 1. The van der Waals surface area contributed by atoms with Crippen molar-refractivity contribution in [1.29, 1.82) is 0 Å². The number of carbonyl (C=O) groups excluding carboxylic acids is 1. The van der Waals surface area contributed by atoms with Crippen LogP contribution in [0.4, 0.5) is 0 Å². The number of ketones is 1. The Morgan fingerprint density at radius 1 is 1.69 bits per heavy atom. The van der Waals surface area contributed by atoms with Crippen LogP contribution >= 0.6 is 0 Å². The van der Waals surface area contributed by atoms with Crippen molar-refractivity contribution in [3.8, 4) is 0 Å². The zero-order chi connectivity index (χ0) is 9.84. The van der Waals surface area contributed by atoms with Gasteiger partial charge in [-0.25, -0.2) is 0 Å². The van der Waals surface area contributed by atoms with Crippen molar-refractivity contribution in [2.24, 2.45) is 0 Å². The standard InChI is InChI=1S/C10H17NO2/c1-8(9(2)12)11-6-4-5-10(11)7-13-3/h10H,1,4-7H2,2-3H3. The average molecular weight is 183 g/mol. The summed E-state index contributed by atoms with van der Waals surface area (Å²) in [4.78, 5) is 13.2. The monoisotopic (exact) mass is 183 g/mol. The lowest BCUT2D eigenvalue weighted by Gasteiger charge is -2.26. The molecule has 74 valence electrons. The van der Waals surface area contributed by atoms with Crippen LogP contribution in [0.15, 0.2) is 12.3 Å². The number of likely N-dealkylation sites (tertiary alicyclic amines) is 1. The van der Waals surface area contributed by atoms with E-state index in [1.54, 1.807) is 14.0 Å². The number of ether oxygens (including phenoxy) is 1. The van der Waals surface area contributed by atoms with Crippen molar-refractivity contribution in [3.05, 3.63) is 12.3 Å². The lowest BCUT2D eigenvalue weighted by atomic mass is 10.2. The number of hydrogen-bond donors (Lipinski definition) is 0. The van der Waals surface area contributed by atoms with Gasteiger partial charge in [0.15, 0.2) is 5.78 Å². The Morgan fingerprint density at radius 3 is 2.92 bits per heavy atom. The maximum atomic E-state index is 11.1. The Labute approximate surface area is 79.4 Å². The zero-order valence-corrected chi connectivity index (χ0v) is 8.38. The number of allylic oxidation sites excluding steroid dienone is 1. The number of rotatable bonds is 4. The third-order valence-corrected chi connectivity index (χ3v) is 2.49. The first-order valence-corrected chi connectivity index (χ1v) is 4.62. The highest BCUT2D eigenvalue weighted by Crippen LogP contribution is 2.21. The van der Waals surface area contributed by atoms with Gasteiger partial charge < -0.3 is 9.64 Å². The summed E-state index contributed by atoms with van der Waals surface area (Å²) in [5.41, 5.74) is 0.625. The third kappa shape index (κ3) is 2.31. The first-order valence-electron chi connectivity index (χ1n) is 4.62. The van der Waals surface area contributed by atoms with E-state index in [1.807, 2.05) is 0 Å². The normalized spacial score (nSPS) is 22.0. The fourth-order valence-electron chi connectivity index (χ4n) is 1.76. The van der Waals surface area contributed by atoms with E-state index >= 15 is 0 Å². The van der Waals surface area contributed by atoms with Gasteiger partial charge in [0.1, 0.15) is 0 Å². The summed E-state index contributed by atoms with van der Waals surface area (Å²) in [5, 5.41) is 0. The van der Waals surface area contributed by atoms with E-state index in [9.17, 15) is 4.79 Å². The van der Waals surface area contributed by atoms with Gasteiger partial charge in [-0.15, -0.1) is 0 Å². The summed E-state index contributed by atoms with van der Waals surface area (Å²) < 4.78 is 5.09. The Balaban J connectivity index is 2.57. The lowest BCUT2D eigenvalue weighted by Crippen LogP contribution is -2.34. The van der Waals surface area contributed by atoms with Crippen LogP contribution in [0.2, 0.25) is 0 Å². The fourth-order valence-corrected chi connectivity index (χ4v) is 1.76. The SMILES string of the molecule is C=C(C(C)=O)N1CCCC1COC. The predicted octanol–water partition coefficient (Wildman–Crippen LogP) is 1.20. The number of methoxy groups -OCH3 is 1. The van der Waals surface area contributed by atoms with Gasteiger partial charge in [-0.05, 0) is 12.8 Å². The molecule has 0 aliphatic carbocycles. The molecule has 1 saturated heterocycles. The molecule has 0 spiro atoms. The molecule has 0 aromatic heterocycles. The number of hydrogen-bond acceptors (Lipinski definition) is 3. The maximum absolute atomic E-state index is 11.1. The minimum atomic E-state index is 0.0583. The van der Waals surface area contributed by atoms with Crippen molar-refractivity contribution < 1.29 is 9.53 Å². The van der Waals surface area contributed by atoms with Crippen molar-refractivity contribution >= 4 is 5.78 Å². The van der Waals surface area contributed by atoms with Crippen molar-refractivity contribution in [2.75, 3.05) is 20.3 Å². The number of nitrogens with zero attached hydrogens (tertiary/aromatic N) is 1. The van der Waals surface area contributed by atoms with Gasteiger partial charge in [0, 0.05) is 20.6 Å². The van der Waals surface area contributed by atoms with Crippen molar-refractivity contribution in [3.63, 3.8) is 0 Å². The van der Waals surface area contributed by atoms with E-state index in [-0.39, 0.29) is 5.78 Å². The molecule has 0 N–H and O–H groups in total. The molecule has 0 bridgehead atoms. The van der Waals surface area contributed by atoms with Crippen LogP contribution in [-0.4, -0.2) is 37.0 Å². The molecular formula is C10H17NO2. The number of Topliss-reactive ketones (excluding diaryl/α,β-unsaturated/α-hetero) is 1. The van der Waals surface area contributed by atoms with Crippen LogP contribution in [0.1, 0.15) is 19.8 Å². The third-order valence-electron chi connectivity index (χ3n) is 2.49. The first kappa shape index (κ1) is 10.3. The molecule has 0 saturated carbocycles. The molecule has 1 fully saturated rings. The molecule has 1 unspecified atom stereocenters. The summed E-state index contributed by atoms with van der Waals surface area (Å²) in [7, 11) is 1.69. The van der Waals surface area contributed by atoms with Gasteiger partial charge >= 0.3 is 0 Å². The van der Waals surface area contributed by atoms with E-state index < -0.39 is 0 Å². The minimum Gasteiger partial charge on any atom is -0.383 e. The summed E-state index contributed by atoms with van der Waals surface area (Å²) in [5.74, 6) is 0.0583. The molecule has 1 heterocycles. The summed E-state index contributed by atoms with van der Waals surface area (Å²) in [6.07, 6.45) is 2.22.